The number of rotatable bonds is 2. The summed E-state index contributed by atoms with van der Waals surface area (Å²) in [6, 6.07) is 20.6. The number of aryl methyl sites for hydroxylation is 2. The minimum Gasteiger partial charge on any atom is -0.507 e. The Hall–Kier alpha value is -4.13. The normalized spacial score (nSPS) is 15.2. The zero-order chi connectivity index (χ0) is 21.5. The molecule has 0 radical (unpaired) electrons. The highest BCUT2D eigenvalue weighted by atomic mass is 16.3. The molecule has 0 aliphatic carbocycles. The number of aromatic hydroxyl groups is 1. The molecule has 5 rings (SSSR count). The lowest BCUT2D eigenvalue weighted by Crippen LogP contribution is -2.37. The third-order valence-corrected chi connectivity index (χ3v) is 5.33. The Kier molecular flexibility index (Phi) is 4.43. The predicted molar refractivity (Wildman–Crippen MR) is 123 cm³/mol. The number of nitrogens with one attached hydrogen (secondary N) is 2. The summed E-state index contributed by atoms with van der Waals surface area (Å²) < 4.78 is 1.47. The van der Waals surface area contributed by atoms with Gasteiger partial charge in [0, 0.05) is 23.0 Å². The molecule has 0 bridgehead atoms. The first kappa shape index (κ1) is 18.9. The maximum atomic E-state index is 12.9. The van der Waals surface area contributed by atoms with Gasteiger partial charge in [-0.15, -0.1) is 0 Å². The first-order valence-electron chi connectivity index (χ1n) is 9.99. The van der Waals surface area contributed by atoms with Crippen LogP contribution in [0.4, 0.5) is 11.6 Å². The fourth-order valence-electron chi connectivity index (χ4n) is 3.83. The second-order valence-corrected chi connectivity index (χ2v) is 7.62. The van der Waals surface area contributed by atoms with E-state index < -0.39 is 6.17 Å². The van der Waals surface area contributed by atoms with E-state index >= 15 is 0 Å². The van der Waals surface area contributed by atoms with E-state index in [4.69, 9.17) is 4.99 Å². The van der Waals surface area contributed by atoms with Crippen LogP contribution < -0.4 is 16.2 Å². The molecule has 3 aromatic carbocycles. The summed E-state index contributed by atoms with van der Waals surface area (Å²) in [6.45, 7) is 3.79. The van der Waals surface area contributed by atoms with Gasteiger partial charge in [0.25, 0.3) is 5.56 Å². The Balaban J connectivity index is 1.71. The van der Waals surface area contributed by atoms with Crippen LogP contribution in [-0.2, 0) is 0 Å². The summed E-state index contributed by atoms with van der Waals surface area (Å²) >= 11 is 0. The van der Waals surface area contributed by atoms with E-state index in [2.05, 4.69) is 15.6 Å². The molecule has 4 aromatic rings. The van der Waals surface area contributed by atoms with Crippen molar-refractivity contribution in [3.8, 4) is 5.75 Å². The summed E-state index contributed by atoms with van der Waals surface area (Å²) in [7, 11) is 0. The quantitative estimate of drug-likeness (QED) is 0.461. The van der Waals surface area contributed by atoms with Gasteiger partial charge in [0.2, 0.25) is 11.9 Å². The Labute approximate surface area is 178 Å². The van der Waals surface area contributed by atoms with Crippen LogP contribution in [0.15, 0.2) is 76.5 Å². The fraction of sp³-hybridized carbons (Fsp3) is 0.125. The smallest absolute Gasteiger partial charge is 0.257 e. The van der Waals surface area contributed by atoms with Gasteiger partial charge in [0.1, 0.15) is 5.75 Å². The number of aliphatic imine (C=N–C) groups is 1. The number of fused-ring (bicyclic) bond motifs is 2. The van der Waals surface area contributed by atoms with Crippen LogP contribution in [0.1, 0.15) is 23.0 Å². The SMILES string of the molecule is Cc1ccc(NC2=N[C@@H](c3c(O)ccc4ccccc34)n3c(nc(C)cc3=O)N2)cc1. The Morgan fingerprint density at radius 3 is 2.61 bits per heavy atom. The highest BCUT2D eigenvalue weighted by Gasteiger charge is 2.28. The molecule has 0 unspecified atom stereocenters. The highest BCUT2D eigenvalue weighted by Crippen LogP contribution is 2.37. The average Bonchev–Trinajstić information content (AvgIpc) is 2.74. The molecule has 2 heterocycles. The van der Waals surface area contributed by atoms with Crippen LogP contribution in [0.25, 0.3) is 10.8 Å². The van der Waals surface area contributed by atoms with E-state index in [-0.39, 0.29) is 11.3 Å². The summed E-state index contributed by atoms with van der Waals surface area (Å²) in [4.78, 5) is 22.2. The van der Waals surface area contributed by atoms with Crippen molar-refractivity contribution >= 4 is 28.4 Å². The van der Waals surface area contributed by atoms with Crippen molar-refractivity contribution in [3.05, 3.63) is 93.9 Å². The van der Waals surface area contributed by atoms with Crippen LogP contribution in [0.2, 0.25) is 0 Å². The molecule has 1 atom stereocenters. The third-order valence-electron chi connectivity index (χ3n) is 5.33. The van der Waals surface area contributed by atoms with E-state index in [1.165, 1.54) is 10.6 Å². The van der Waals surface area contributed by atoms with Crippen LogP contribution in [0, 0.1) is 13.8 Å². The van der Waals surface area contributed by atoms with Crippen molar-refractivity contribution in [2.24, 2.45) is 4.99 Å². The van der Waals surface area contributed by atoms with Crippen molar-refractivity contribution in [2.45, 2.75) is 20.0 Å². The van der Waals surface area contributed by atoms with E-state index in [0.29, 0.717) is 23.2 Å². The van der Waals surface area contributed by atoms with Gasteiger partial charge in [0.15, 0.2) is 6.17 Å². The van der Waals surface area contributed by atoms with Crippen molar-refractivity contribution < 1.29 is 5.11 Å². The molecule has 31 heavy (non-hydrogen) atoms. The lowest BCUT2D eigenvalue weighted by molar-refractivity contribution is 0.454. The minimum absolute atomic E-state index is 0.0717. The summed E-state index contributed by atoms with van der Waals surface area (Å²) in [6.07, 6.45) is -0.782. The van der Waals surface area contributed by atoms with Crippen molar-refractivity contribution in [3.63, 3.8) is 0 Å². The molecular weight excluding hydrogens is 390 g/mol. The van der Waals surface area contributed by atoms with Crippen molar-refractivity contribution in [2.75, 3.05) is 10.6 Å². The molecule has 0 saturated heterocycles. The zero-order valence-corrected chi connectivity index (χ0v) is 17.1. The number of hydrogen-bond donors (Lipinski definition) is 3. The van der Waals surface area contributed by atoms with Gasteiger partial charge in [-0.1, -0.05) is 48.0 Å². The maximum Gasteiger partial charge on any atom is 0.257 e. The van der Waals surface area contributed by atoms with Crippen LogP contribution >= 0.6 is 0 Å². The summed E-state index contributed by atoms with van der Waals surface area (Å²) in [5.74, 6) is 0.882. The van der Waals surface area contributed by atoms with Crippen molar-refractivity contribution in [1.29, 1.82) is 0 Å². The lowest BCUT2D eigenvalue weighted by Gasteiger charge is -2.28. The number of phenolic OH excluding ortho intramolecular Hbond substituents is 1. The average molecular weight is 411 g/mol. The molecule has 0 fully saturated rings. The van der Waals surface area contributed by atoms with Crippen LogP contribution in [0.5, 0.6) is 5.75 Å². The van der Waals surface area contributed by atoms with Gasteiger partial charge in [-0.25, -0.2) is 9.98 Å². The Bertz CT molecular complexity index is 1390. The van der Waals surface area contributed by atoms with E-state index in [1.54, 1.807) is 13.0 Å². The number of hydrogen-bond acceptors (Lipinski definition) is 6. The van der Waals surface area contributed by atoms with Gasteiger partial charge in [0.05, 0.1) is 0 Å². The topological polar surface area (TPSA) is 91.5 Å². The minimum atomic E-state index is -0.782. The molecule has 7 heteroatoms. The lowest BCUT2D eigenvalue weighted by atomic mass is 10.0. The number of phenols is 1. The first-order chi connectivity index (χ1) is 15.0. The molecule has 1 aliphatic heterocycles. The highest BCUT2D eigenvalue weighted by molar-refractivity contribution is 6.04. The molecule has 0 saturated carbocycles. The third kappa shape index (κ3) is 3.40. The van der Waals surface area contributed by atoms with Crippen LogP contribution in [-0.4, -0.2) is 20.6 Å². The molecule has 1 aliphatic rings. The number of benzene rings is 3. The summed E-state index contributed by atoms with van der Waals surface area (Å²) in [5, 5.41) is 18.9. The largest absolute Gasteiger partial charge is 0.507 e. The van der Waals surface area contributed by atoms with Gasteiger partial charge in [-0.05, 0) is 42.8 Å². The van der Waals surface area contributed by atoms with Crippen LogP contribution in [0.3, 0.4) is 0 Å². The number of nitrogens with zero attached hydrogens (tertiary/aromatic N) is 3. The van der Waals surface area contributed by atoms with Gasteiger partial charge in [-0.2, -0.15) is 0 Å². The van der Waals surface area contributed by atoms with E-state index in [0.717, 1.165) is 22.0 Å². The van der Waals surface area contributed by atoms with E-state index in [9.17, 15) is 9.90 Å². The second-order valence-electron chi connectivity index (χ2n) is 7.62. The molecule has 154 valence electrons. The van der Waals surface area contributed by atoms with E-state index in [1.807, 2.05) is 61.5 Å². The molecule has 7 nitrogen and oxygen atoms in total. The number of anilines is 2. The van der Waals surface area contributed by atoms with Gasteiger partial charge in [-0.3, -0.25) is 14.7 Å². The predicted octanol–water partition coefficient (Wildman–Crippen LogP) is 4.16. The molecule has 3 N–H and O–H groups in total. The Morgan fingerprint density at radius 1 is 1.03 bits per heavy atom. The zero-order valence-electron chi connectivity index (χ0n) is 17.1. The maximum absolute atomic E-state index is 12.9. The van der Waals surface area contributed by atoms with Gasteiger partial charge >= 0.3 is 0 Å². The molecular formula is C24H21N5O2. The molecule has 1 aromatic heterocycles. The second kappa shape index (κ2) is 7.28. The molecule has 0 spiro atoms. The Morgan fingerprint density at radius 2 is 1.81 bits per heavy atom. The van der Waals surface area contributed by atoms with Gasteiger partial charge < -0.3 is 10.4 Å². The molecule has 0 amide bonds. The fourth-order valence-corrected chi connectivity index (χ4v) is 3.83. The first-order valence-corrected chi connectivity index (χ1v) is 9.99. The standard InChI is InChI=1S/C24H21N5O2/c1-14-7-10-17(11-8-14)26-23-27-22(29-20(31)13-15(2)25-24(29)28-23)21-18-6-4-3-5-16(18)9-12-19(21)30/h3-13,22,30H,1-2H3,(H2,25,26,27,28)/t22-/m1/s1. The summed E-state index contributed by atoms with van der Waals surface area (Å²) in [5.41, 5.74) is 2.90. The monoisotopic (exact) mass is 411 g/mol. The number of aromatic nitrogens is 2. The van der Waals surface area contributed by atoms with Crippen molar-refractivity contribution in [1.82, 2.24) is 9.55 Å². The number of guanidine groups is 1.